The van der Waals surface area contributed by atoms with Crippen molar-refractivity contribution in [3.63, 3.8) is 0 Å². The lowest BCUT2D eigenvalue weighted by Crippen LogP contribution is -2.78. The number of hydrogen-bond donors (Lipinski definition) is 0. The van der Waals surface area contributed by atoms with Crippen LogP contribution in [0.2, 0.25) is 0 Å². The molecule has 0 saturated carbocycles. The number of hydrogen-bond acceptors (Lipinski definition) is 2. The zero-order valence-electron chi connectivity index (χ0n) is 25.5. The summed E-state index contributed by atoms with van der Waals surface area (Å²) in [6.45, 7) is 0. The van der Waals surface area contributed by atoms with Crippen molar-refractivity contribution in [1.82, 2.24) is 0 Å². The first-order valence-corrected chi connectivity index (χ1v) is 15.0. The molecule has 0 bridgehead atoms. The summed E-state index contributed by atoms with van der Waals surface area (Å²) in [5.74, 6) is -99.5. The first-order chi connectivity index (χ1) is 23.1. The maximum absolute atomic E-state index is 14.2. The van der Waals surface area contributed by atoms with Crippen molar-refractivity contribution in [2.24, 2.45) is 0 Å². The minimum Gasteiger partial charge on any atom is -0.550 e. The third-order valence-corrected chi connectivity index (χ3v) is 8.27. The molecule has 0 aliphatic heterocycles. The van der Waals surface area contributed by atoms with Gasteiger partial charge in [-0.15, -0.1) is 0 Å². The van der Waals surface area contributed by atoms with Gasteiger partial charge in [0.2, 0.25) is 0 Å². The van der Waals surface area contributed by atoms with Crippen molar-refractivity contribution in [2.75, 3.05) is 0 Å². The SMILES string of the molecule is O=C([O-])CCCCCCCCCCC(Br)CC(F)(F)C(F)(F)C(F)(F)C(F)(F)C(F)(F)C(F)(F)C(F)(F)C(F)(F)C(F)(F)C(F)(F)C(F)(F)C(F)(F)F. The van der Waals surface area contributed by atoms with Crippen LogP contribution in [-0.4, -0.2) is 82.1 Å². The highest BCUT2D eigenvalue weighted by molar-refractivity contribution is 9.09. The molecule has 0 aromatic rings. The third kappa shape index (κ3) is 8.79. The molecule has 0 aliphatic rings. The molecule has 2 nitrogen and oxygen atoms in total. The Labute approximate surface area is 288 Å². The number of carboxylic acid groups (broad SMARTS) is 1. The van der Waals surface area contributed by atoms with Crippen LogP contribution in [0, 0.1) is 0 Å². The van der Waals surface area contributed by atoms with Crippen LogP contribution in [0.3, 0.4) is 0 Å². The molecule has 53 heavy (non-hydrogen) atoms. The van der Waals surface area contributed by atoms with Gasteiger partial charge in [-0.1, -0.05) is 60.9 Å². The molecule has 0 heterocycles. The van der Waals surface area contributed by atoms with E-state index in [0.29, 0.717) is 25.7 Å². The Bertz CT molecular complexity index is 1210. The monoisotopic (exact) mass is 909 g/mol. The number of carboxylic acids is 1. The Morgan fingerprint density at radius 1 is 0.396 bits per heavy atom. The molecule has 318 valence electrons. The number of unbranched alkanes of at least 4 members (excludes halogenated alkanes) is 7. The van der Waals surface area contributed by atoms with Crippen LogP contribution in [0.15, 0.2) is 0 Å². The van der Waals surface area contributed by atoms with Crippen molar-refractivity contribution in [1.29, 1.82) is 0 Å². The molecule has 0 N–H and O–H groups in total. The van der Waals surface area contributed by atoms with Crippen molar-refractivity contribution >= 4 is 21.9 Å². The minimum absolute atomic E-state index is 0.0658. The molecule has 0 fully saturated rings. The summed E-state index contributed by atoms with van der Waals surface area (Å²) in [7, 11) is 0. The third-order valence-electron chi connectivity index (χ3n) is 7.49. The quantitative estimate of drug-likeness (QED) is 0.0582. The fourth-order valence-electron chi connectivity index (χ4n) is 4.19. The van der Waals surface area contributed by atoms with Crippen molar-refractivity contribution in [3.05, 3.63) is 0 Å². The van der Waals surface area contributed by atoms with Crippen molar-refractivity contribution in [3.8, 4) is 0 Å². The van der Waals surface area contributed by atoms with Gasteiger partial charge in [-0.25, -0.2) is 0 Å². The summed E-state index contributed by atoms with van der Waals surface area (Å²) in [5.41, 5.74) is 0. The lowest BCUT2D eigenvalue weighted by Gasteiger charge is -2.45. The molecule has 0 aromatic carbocycles. The van der Waals surface area contributed by atoms with E-state index in [2.05, 4.69) is 15.9 Å². The molecular formula is C25H23BrF25O2-. The van der Waals surface area contributed by atoms with Gasteiger partial charge in [0.05, 0.1) is 0 Å². The fourth-order valence-corrected chi connectivity index (χ4v) is 4.92. The first kappa shape index (κ1) is 51.2. The molecular weight excluding hydrogens is 887 g/mol. The molecule has 0 rings (SSSR count). The first-order valence-electron chi connectivity index (χ1n) is 14.1. The van der Waals surface area contributed by atoms with E-state index in [1.807, 2.05) is 0 Å². The van der Waals surface area contributed by atoms with Crippen LogP contribution < -0.4 is 5.11 Å². The van der Waals surface area contributed by atoms with Crippen LogP contribution >= 0.6 is 15.9 Å². The van der Waals surface area contributed by atoms with Gasteiger partial charge < -0.3 is 9.90 Å². The van der Waals surface area contributed by atoms with Crippen molar-refractivity contribution in [2.45, 2.75) is 147 Å². The predicted molar refractivity (Wildman–Crippen MR) is 129 cm³/mol. The van der Waals surface area contributed by atoms with Gasteiger partial charge in [0, 0.05) is 17.2 Å². The maximum Gasteiger partial charge on any atom is 0.460 e. The number of alkyl halides is 26. The van der Waals surface area contributed by atoms with Gasteiger partial charge in [0.25, 0.3) is 0 Å². The Morgan fingerprint density at radius 3 is 0.925 bits per heavy atom. The highest BCUT2D eigenvalue weighted by atomic mass is 79.9. The summed E-state index contributed by atoms with van der Waals surface area (Å²) in [5, 5.41) is 10.3. The molecule has 28 heteroatoms. The minimum atomic E-state index is -9.60. The average molecular weight is 910 g/mol. The Kier molecular flexibility index (Phi) is 15.4. The van der Waals surface area contributed by atoms with Gasteiger partial charge in [0.15, 0.2) is 0 Å². The summed E-state index contributed by atoms with van der Waals surface area (Å²) in [6.07, 6.45) is -9.66. The van der Waals surface area contributed by atoms with Gasteiger partial charge in [0.1, 0.15) is 0 Å². The second kappa shape index (κ2) is 16.0. The van der Waals surface area contributed by atoms with Gasteiger partial charge >= 0.3 is 71.3 Å². The summed E-state index contributed by atoms with van der Waals surface area (Å²) in [4.78, 5) is 8.12. The van der Waals surface area contributed by atoms with E-state index in [-0.39, 0.29) is 32.1 Å². The van der Waals surface area contributed by atoms with Crippen LogP contribution in [0.5, 0.6) is 0 Å². The maximum atomic E-state index is 14.2. The number of carbonyl (C=O) groups is 1. The van der Waals surface area contributed by atoms with E-state index in [1.54, 1.807) is 0 Å². The van der Waals surface area contributed by atoms with Crippen LogP contribution in [0.25, 0.3) is 0 Å². The van der Waals surface area contributed by atoms with E-state index in [4.69, 9.17) is 0 Å². The Hall–Kier alpha value is -1.80. The van der Waals surface area contributed by atoms with Crippen molar-refractivity contribution < 1.29 is 120 Å². The highest BCUT2D eigenvalue weighted by Gasteiger charge is 2.99. The summed E-state index contributed by atoms with van der Waals surface area (Å²) >= 11 is 2.22. The molecule has 1 atom stereocenters. The standard InChI is InChI=1S/C25H24BrF25O2/c26-12(9-7-5-3-1-2-4-6-8-10-13(52)53)11-14(27,28)15(29,30)16(31,32)17(33,34)18(35,36)19(37,38)20(39,40)21(41,42)22(43,44)23(45,46)24(47,48)25(49,50)51/h12H,1-11H2,(H,52,53)/p-1. The lowest BCUT2D eigenvalue weighted by molar-refractivity contribution is -0.482. The number of rotatable bonds is 23. The van der Waals surface area contributed by atoms with Gasteiger partial charge in [-0.3, -0.25) is 0 Å². The Balaban J connectivity index is 6.31. The van der Waals surface area contributed by atoms with E-state index in [9.17, 15) is 120 Å². The summed E-state index contributed by atoms with van der Waals surface area (Å²) in [6, 6.07) is 0. The Morgan fingerprint density at radius 2 is 0.642 bits per heavy atom. The topological polar surface area (TPSA) is 40.1 Å². The second-order valence-electron chi connectivity index (χ2n) is 11.5. The molecule has 0 saturated heterocycles. The molecule has 1 unspecified atom stereocenters. The van der Waals surface area contributed by atoms with Crippen LogP contribution in [0.1, 0.15) is 70.6 Å². The molecule has 0 radical (unpaired) electrons. The summed E-state index contributed by atoms with van der Waals surface area (Å²) < 4.78 is 340. The molecule has 0 aromatic heterocycles. The zero-order chi connectivity index (χ0) is 42.9. The molecule has 0 aliphatic carbocycles. The van der Waals surface area contributed by atoms with E-state index >= 15 is 0 Å². The smallest absolute Gasteiger partial charge is 0.460 e. The normalized spacial score (nSPS) is 16.3. The van der Waals surface area contributed by atoms with E-state index < -0.39 is 95.0 Å². The van der Waals surface area contributed by atoms with Gasteiger partial charge in [-0.2, -0.15) is 110 Å². The highest BCUT2D eigenvalue weighted by Crippen LogP contribution is 2.68. The van der Waals surface area contributed by atoms with Gasteiger partial charge in [-0.05, 0) is 19.3 Å². The zero-order valence-corrected chi connectivity index (χ0v) is 27.1. The van der Waals surface area contributed by atoms with E-state index in [1.165, 1.54) is 0 Å². The second-order valence-corrected chi connectivity index (χ2v) is 12.8. The molecule has 0 spiro atoms. The largest absolute Gasteiger partial charge is 0.550 e. The van der Waals surface area contributed by atoms with Crippen LogP contribution in [-0.2, 0) is 4.79 Å². The molecule has 0 amide bonds. The lowest BCUT2D eigenvalue weighted by atomic mass is 9.84. The predicted octanol–water partition coefficient (Wildman–Crippen LogP) is 11.3. The van der Waals surface area contributed by atoms with E-state index in [0.717, 1.165) is 0 Å². The average Bonchev–Trinajstić information content (AvgIpc) is 2.95. The number of carbonyl (C=O) groups excluding carboxylic acids is 1. The fraction of sp³-hybridized carbons (Fsp3) is 0.960. The van der Waals surface area contributed by atoms with Crippen LogP contribution in [0.4, 0.5) is 110 Å². The number of aliphatic carboxylic acids is 1. The number of halogens is 26.